The Morgan fingerprint density at radius 3 is 2.41 bits per heavy atom. The summed E-state index contributed by atoms with van der Waals surface area (Å²) in [5.41, 5.74) is 3.39. The number of benzene rings is 1. The lowest BCUT2D eigenvalue weighted by Crippen LogP contribution is -2.16. The molecule has 1 aromatic heterocycles. The van der Waals surface area contributed by atoms with E-state index in [0.717, 1.165) is 28.6 Å². The average molecular weight is 354 g/mol. The number of hydrogen-bond donors (Lipinski definition) is 1. The molecule has 22 heavy (non-hydrogen) atoms. The number of aryl methyl sites for hydroxylation is 2. The van der Waals surface area contributed by atoms with Gasteiger partial charge in [-0.1, -0.05) is 43.6 Å². The topological polar surface area (TPSA) is 29.1 Å². The van der Waals surface area contributed by atoms with Crippen LogP contribution in [0.2, 0.25) is 4.34 Å². The van der Waals surface area contributed by atoms with Crippen LogP contribution in [-0.2, 0) is 23.4 Å². The Bertz CT molecular complexity index is 617. The van der Waals surface area contributed by atoms with Crippen LogP contribution in [-0.4, -0.2) is 11.7 Å². The summed E-state index contributed by atoms with van der Waals surface area (Å²) >= 11 is 9.09. The maximum absolute atomic E-state index is 12.2. The van der Waals surface area contributed by atoms with Crippen LogP contribution in [0.3, 0.4) is 0 Å². The number of carbonyl (C=O) groups is 1. The van der Waals surface area contributed by atoms with Gasteiger partial charge in [0.1, 0.15) is 0 Å². The summed E-state index contributed by atoms with van der Waals surface area (Å²) in [5, 5.41) is 3.09. The van der Waals surface area contributed by atoms with Gasteiger partial charge in [-0.05, 0) is 36.1 Å². The molecule has 0 saturated carbocycles. The van der Waals surface area contributed by atoms with Gasteiger partial charge in [-0.3, -0.25) is 4.79 Å². The zero-order valence-electron chi connectivity index (χ0n) is 12.8. The first-order chi connectivity index (χ1) is 10.6. The highest BCUT2D eigenvalue weighted by Crippen LogP contribution is 2.26. The first kappa shape index (κ1) is 17.4. The second-order valence-electron chi connectivity index (χ2n) is 4.91. The average Bonchev–Trinajstić information content (AvgIpc) is 2.93. The highest BCUT2D eigenvalue weighted by atomic mass is 35.5. The van der Waals surface area contributed by atoms with Gasteiger partial charge in [0.15, 0.2) is 0 Å². The number of anilines is 1. The maximum Gasteiger partial charge on any atom is 0.234 e. The van der Waals surface area contributed by atoms with Crippen LogP contribution in [0.1, 0.15) is 29.9 Å². The van der Waals surface area contributed by atoms with Gasteiger partial charge in [0.2, 0.25) is 5.91 Å². The SMILES string of the molecule is CCc1cccc(CC)c1NC(=O)CSCc1ccc(Cl)s1. The lowest BCUT2D eigenvalue weighted by Gasteiger charge is -2.14. The van der Waals surface area contributed by atoms with Crippen LogP contribution in [0.5, 0.6) is 0 Å². The van der Waals surface area contributed by atoms with Crippen LogP contribution in [0, 0.1) is 0 Å². The number of amides is 1. The number of nitrogens with one attached hydrogen (secondary N) is 1. The summed E-state index contributed by atoms with van der Waals surface area (Å²) < 4.78 is 0.796. The van der Waals surface area contributed by atoms with Gasteiger partial charge in [-0.15, -0.1) is 23.1 Å². The van der Waals surface area contributed by atoms with Gasteiger partial charge in [-0.25, -0.2) is 0 Å². The minimum Gasteiger partial charge on any atom is -0.325 e. The zero-order valence-corrected chi connectivity index (χ0v) is 15.2. The molecule has 0 radical (unpaired) electrons. The summed E-state index contributed by atoms with van der Waals surface area (Å²) in [7, 11) is 0. The van der Waals surface area contributed by atoms with Crippen LogP contribution < -0.4 is 5.32 Å². The summed E-state index contributed by atoms with van der Waals surface area (Å²) in [4.78, 5) is 13.4. The molecule has 2 aromatic rings. The maximum atomic E-state index is 12.2. The summed E-state index contributed by atoms with van der Waals surface area (Å²) in [6.07, 6.45) is 1.84. The Hall–Kier alpha value is -0.970. The number of rotatable bonds is 7. The van der Waals surface area contributed by atoms with E-state index >= 15 is 0 Å². The van der Waals surface area contributed by atoms with Crippen LogP contribution in [0.25, 0.3) is 0 Å². The number of para-hydroxylation sites is 1. The quantitative estimate of drug-likeness (QED) is 0.722. The van der Waals surface area contributed by atoms with Crippen molar-refractivity contribution >= 4 is 46.3 Å². The molecule has 2 nitrogen and oxygen atoms in total. The van der Waals surface area contributed by atoms with E-state index in [1.165, 1.54) is 16.0 Å². The van der Waals surface area contributed by atoms with E-state index in [4.69, 9.17) is 11.6 Å². The fourth-order valence-electron chi connectivity index (χ4n) is 2.25. The van der Waals surface area contributed by atoms with E-state index in [0.29, 0.717) is 5.75 Å². The Labute approximate surface area is 145 Å². The second kappa shape index (κ2) is 8.61. The van der Waals surface area contributed by atoms with Crippen molar-refractivity contribution in [3.05, 3.63) is 50.7 Å². The van der Waals surface area contributed by atoms with E-state index < -0.39 is 0 Å². The Kier molecular flexibility index (Phi) is 6.80. The highest BCUT2D eigenvalue weighted by Gasteiger charge is 2.10. The molecule has 0 atom stereocenters. The Morgan fingerprint density at radius 2 is 1.86 bits per heavy atom. The minimum atomic E-state index is 0.0586. The Balaban J connectivity index is 1.91. The predicted octanol–water partition coefficient (Wildman–Crippen LogP) is 5.40. The van der Waals surface area contributed by atoms with Crippen molar-refractivity contribution in [1.82, 2.24) is 0 Å². The fourth-order valence-corrected chi connectivity index (χ4v) is 4.28. The lowest BCUT2D eigenvalue weighted by atomic mass is 10.0. The first-order valence-corrected chi connectivity index (χ1v) is 9.71. The molecule has 1 amide bonds. The van der Waals surface area contributed by atoms with Gasteiger partial charge in [0, 0.05) is 16.3 Å². The summed E-state index contributed by atoms with van der Waals surface area (Å²) in [6, 6.07) is 10.1. The van der Waals surface area contributed by atoms with Crippen molar-refractivity contribution in [3.8, 4) is 0 Å². The summed E-state index contributed by atoms with van der Waals surface area (Å²) in [5.74, 6) is 1.33. The molecule has 0 aliphatic carbocycles. The van der Waals surface area contributed by atoms with Gasteiger partial charge in [0.05, 0.1) is 10.1 Å². The van der Waals surface area contributed by atoms with Crippen LogP contribution in [0.4, 0.5) is 5.69 Å². The monoisotopic (exact) mass is 353 g/mol. The molecular formula is C17H20ClNOS2. The van der Waals surface area contributed by atoms with E-state index in [1.807, 2.05) is 12.1 Å². The van der Waals surface area contributed by atoms with E-state index in [-0.39, 0.29) is 5.91 Å². The smallest absolute Gasteiger partial charge is 0.234 e. The standard InChI is InChI=1S/C17H20ClNOS2/c1-3-12-6-5-7-13(4-2)17(12)19-16(20)11-21-10-14-8-9-15(18)22-14/h5-9H,3-4,10-11H2,1-2H3,(H,19,20). The molecule has 0 fully saturated rings. The molecule has 0 aliphatic heterocycles. The molecule has 5 heteroatoms. The van der Waals surface area contributed by atoms with Gasteiger partial charge >= 0.3 is 0 Å². The normalized spacial score (nSPS) is 10.7. The molecule has 0 unspecified atom stereocenters. The van der Waals surface area contributed by atoms with Gasteiger partial charge < -0.3 is 5.32 Å². The zero-order chi connectivity index (χ0) is 15.9. The van der Waals surface area contributed by atoms with E-state index in [9.17, 15) is 4.79 Å². The number of hydrogen-bond acceptors (Lipinski definition) is 3. The van der Waals surface area contributed by atoms with E-state index in [2.05, 4.69) is 37.4 Å². The van der Waals surface area contributed by atoms with Crippen molar-refractivity contribution in [2.75, 3.05) is 11.1 Å². The van der Waals surface area contributed by atoms with Crippen molar-refractivity contribution in [2.24, 2.45) is 0 Å². The molecule has 2 rings (SSSR count). The van der Waals surface area contributed by atoms with Gasteiger partial charge in [-0.2, -0.15) is 0 Å². The third-order valence-corrected chi connectivity index (χ3v) is 5.76. The van der Waals surface area contributed by atoms with E-state index in [1.54, 1.807) is 23.1 Å². The second-order valence-corrected chi connectivity index (χ2v) is 7.69. The van der Waals surface area contributed by atoms with Crippen LogP contribution in [0.15, 0.2) is 30.3 Å². The molecule has 0 bridgehead atoms. The highest BCUT2D eigenvalue weighted by molar-refractivity contribution is 7.99. The molecular weight excluding hydrogens is 334 g/mol. The first-order valence-electron chi connectivity index (χ1n) is 7.36. The number of thioether (sulfide) groups is 1. The van der Waals surface area contributed by atoms with Crippen molar-refractivity contribution in [2.45, 2.75) is 32.4 Å². The minimum absolute atomic E-state index is 0.0586. The molecule has 1 N–H and O–H groups in total. The fraction of sp³-hybridized carbons (Fsp3) is 0.353. The number of carbonyl (C=O) groups excluding carboxylic acids is 1. The molecule has 0 spiro atoms. The largest absolute Gasteiger partial charge is 0.325 e. The Morgan fingerprint density at radius 1 is 1.18 bits per heavy atom. The van der Waals surface area contributed by atoms with Gasteiger partial charge in [0.25, 0.3) is 0 Å². The third-order valence-electron chi connectivity index (χ3n) is 3.37. The molecule has 1 aromatic carbocycles. The number of halogens is 1. The molecule has 118 valence electrons. The van der Waals surface area contributed by atoms with Crippen molar-refractivity contribution in [1.29, 1.82) is 0 Å². The molecule has 0 saturated heterocycles. The third kappa shape index (κ3) is 4.77. The molecule has 0 aliphatic rings. The van der Waals surface area contributed by atoms with Crippen molar-refractivity contribution < 1.29 is 4.79 Å². The summed E-state index contributed by atoms with van der Waals surface area (Å²) in [6.45, 7) is 4.22. The predicted molar refractivity (Wildman–Crippen MR) is 99.3 cm³/mol. The van der Waals surface area contributed by atoms with Crippen LogP contribution >= 0.6 is 34.7 Å². The van der Waals surface area contributed by atoms with Crippen molar-refractivity contribution in [3.63, 3.8) is 0 Å². The molecule has 1 heterocycles. The number of thiophene rings is 1. The lowest BCUT2D eigenvalue weighted by molar-refractivity contribution is -0.113.